The monoisotopic (exact) mass is 1310 g/mol. The first-order chi connectivity index (χ1) is 40.4. The van der Waals surface area contributed by atoms with E-state index in [9.17, 15) is 49.2 Å². The van der Waals surface area contributed by atoms with Gasteiger partial charge < -0.3 is 20.0 Å². The number of hydrogen-bond donors (Lipinski definition) is 3. The number of alkyl halides is 3. The molecule has 2 atom stereocenters. The van der Waals surface area contributed by atoms with Crippen LogP contribution in [-0.4, -0.2) is 149 Å². The third-order valence-corrected chi connectivity index (χ3v) is 21.6. The van der Waals surface area contributed by atoms with Crippen LogP contribution in [0.15, 0.2) is 134 Å². The minimum Gasteiger partial charge on any atom is -0.380 e. The van der Waals surface area contributed by atoms with Crippen molar-refractivity contribution in [2.45, 2.75) is 97.7 Å². The number of sulfone groups is 1. The summed E-state index contributed by atoms with van der Waals surface area (Å²) in [5.74, 6) is -1.86. The molecule has 1 aliphatic carbocycles. The largest absolute Gasteiger partial charge is 0.501 e. The van der Waals surface area contributed by atoms with Gasteiger partial charge in [0.1, 0.15) is 10.9 Å². The number of amides is 4. The Hall–Kier alpha value is -5.79. The number of allylic oxidation sites excluding steroid dienone is 1. The number of anilines is 2. The number of fused-ring (bicyclic) bond motifs is 1. The van der Waals surface area contributed by atoms with Gasteiger partial charge in [-0.25, -0.2) is 21.6 Å². The van der Waals surface area contributed by atoms with Crippen molar-refractivity contribution in [2.75, 3.05) is 81.4 Å². The van der Waals surface area contributed by atoms with Crippen LogP contribution in [0.25, 0.3) is 5.57 Å². The fourth-order valence-electron chi connectivity index (χ4n) is 11.9. The van der Waals surface area contributed by atoms with Crippen LogP contribution in [0, 0.1) is 5.41 Å². The second-order valence-corrected chi connectivity index (χ2v) is 29.1. The number of nitrogens with zero attached hydrogens (tertiary/aromatic N) is 5. The maximum absolute atomic E-state index is 14.5. The highest BCUT2D eigenvalue weighted by Gasteiger charge is 2.49. The summed E-state index contributed by atoms with van der Waals surface area (Å²) < 4.78 is 101. The molecule has 5 aliphatic rings. The molecular weight excluding hydrogens is 1240 g/mol. The van der Waals surface area contributed by atoms with Gasteiger partial charge in [-0.1, -0.05) is 77.3 Å². The van der Waals surface area contributed by atoms with Crippen molar-refractivity contribution < 1.29 is 49.2 Å². The van der Waals surface area contributed by atoms with Gasteiger partial charge in [0.2, 0.25) is 11.8 Å². The number of thioether (sulfide) groups is 1. The van der Waals surface area contributed by atoms with Gasteiger partial charge in [0.25, 0.3) is 31.7 Å². The van der Waals surface area contributed by atoms with Gasteiger partial charge in [0, 0.05) is 128 Å². The Morgan fingerprint density at radius 3 is 2.18 bits per heavy atom. The van der Waals surface area contributed by atoms with Gasteiger partial charge in [-0.15, -0.1) is 11.8 Å². The lowest BCUT2D eigenvalue weighted by atomic mass is 9.73. The minimum atomic E-state index is -6.15. The van der Waals surface area contributed by atoms with E-state index in [1.807, 2.05) is 59.3 Å². The van der Waals surface area contributed by atoms with E-state index in [1.54, 1.807) is 12.1 Å². The molecule has 0 radical (unpaired) electrons. The first-order valence-electron chi connectivity index (χ1n) is 28.3. The van der Waals surface area contributed by atoms with E-state index in [1.165, 1.54) is 45.5 Å². The summed E-state index contributed by atoms with van der Waals surface area (Å²) in [6, 6.07) is 28.6. The number of carbonyl (C=O) groups is 4. The van der Waals surface area contributed by atoms with Crippen molar-refractivity contribution in [1.82, 2.24) is 29.6 Å². The van der Waals surface area contributed by atoms with Crippen LogP contribution in [-0.2, 0) is 42.5 Å². The zero-order valence-corrected chi connectivity index (χ0v) is 51.9. The van der Waals surface area contributed by atoms with Crippen LogP contribution in [0.4, 0.5) is 24.5 Å². The summed E-state index contributed by atoms with van der Waals surface area (Å²) in [6.45, 7) is 12.3. The summed E-state index contributed by atoms with van der Waals surface area (Å²) in [5, 5.41) is 6.07. The van der Waals surface area contributed by atoms with Crippen LogP contribution in [0.5, 0.6) is 0 Å². The maximum Gasteiger partial charge on any atom is 0.501 e. The van der Waals surface area contributed by atoms with Crippen molar-refractivity contribution in [3.05, 3.63) is 152 Å². The molecule has 10 rings (SSSR count). The number of carbonyl (C=O) groups excluding carboxylic acids is 4. The van der Waals surface area contributed by atoms with Crippen molar-refractivity contribution >= 4 is 99.7 Å². The van der Waals surface area contributed by atoms with Gasteiger partial charge in [-0.3, -0.25) is 34.3 Å². The number of hydrogen-bond acceptors (Lipinski definition) is 14. The summed E-state index contributed by atoms with van der Waals surface area (Å²) in [6.07, 6.45) is 3.89. The smallest absolute Gasteiger partial charge is 0.380 e. The first-order valence-corrected chi connectivity index (χ1v) is 33.4. The summed E-state index contributed by atoms with van der Waals surface area (Å²) in [4.78, 5) is 60.8. The molecule has 1 unspecified atom stereocenters. The lowest BCUT2D eigenvalue weighted by Gasteiger charge is -2.39. The highest BCUT2D eigenvalue weighted by molar-refractivity contribution is 9.10. The van der Waals surface area contributed by atoms with Crippen LogP contribution in [0.2, 0.25) is 5.02 Å². The third-order valence-electron chi connectivity index (χ3n) is 16.6. The molecule has 0 spiro atoms. The Labute approximate surface area is 512 Å². The Balaban J connectivity index is 0.770. The fraction of sp³-hybridized carbons (Fsp3) is 0.410. The molecule has 16 nitrogen and oxygen atoms in total. The molecule has 452 valence electrons. The van der Waals surface area contributed by atoms with E-state index >= 15 is 0 Å². The predicted molar refractivity (Wildman–Crippen MR) is 327 cm³/mol. The number of piperidine rings is 1. The van der Waals surface area contributed by atoms with Crippen LogP contribution in [0.3, 0.4) is 0 Å². The lowest BCUT2D eigenvalue weighted by Crippen LogP contribution is -2.52. The quantitative estimate of drug-likeness (QED) is 0.0523. The highest BCUT2D eigenvalue weighted by atomic mass is 79.9. The van der Waals surface area contributed by atoms with Crippen LogP contribution >= 0.6 is 39.3 Å². The number of sulfonamides is 1. The fourth-order valence-corrected chi connectivity index (χ4v) is 15.6. The van der Waals surface area contributed by atoms with E-state index in [0.29, 0.717) is 81.2 Å². The number of nitrogens with one attached hydrogen (secondary N) is 3. The van der Waals surface area contributed by atoms with Crippen molar-refractivity contribution in [3.8, 4) is 0 Å². The maximum atomic E-state index is 14.5. The Morgan fingerprint density at radius 1 is 0.824 bits per heavy atom. The first kappa shape index (κ1) is 62.3. The van der Waals surface area contributed by atoms with Gasteiger partial charge in [-0.2, -0.15) is 13.2 Å². The standard InChI is InChI=1S/C61H67BrClF3N8O8S3/c1-60(2)22-20-49(41-8-12-44(63)13-9-41)43(35-60)37-72-28-30-73(31-29-72)46-14-10-42(11-15-46)57(76)69-85(81,82)48-16-17-53(55(34-48)84(79,80)61(64,65)66)67-45(39-83-47-6-4-3-5-7-47)21-23-70-24-26-71(27-25-70)36-40-32-50-51(52(62)33-40)38-74(59(50)78)54-18-19-56(75)68-58(54)77/h3-17,32-34,45,54,67H,18-31,35-39H2,1-2H3,(H,69,76)(H,68,75,77)/t45-,54?/m1/s1. The molecule has 0 bridgehead atoms. The molecule has 3 saturated heterocycles. The molecule has 4 heterocycles. The molecule has 4 amide bonds. The predicted octanol–water partition coefficient (Wildman–Crippen LogP) is 9.84. The number of halogens is 5. The van der Waals surface area contributed by atoms with E-state index in [2.05, 4.69) is 72.1 Å². The zero-order valence-electron chi connectivity index (χ0n) is 47.1. The molecular formula is C61H67BrClF3N8O8S3. The molecule has 0 saturated carbocycles. The number of benzene rings is 5. The SMILES string of the molecule is CC1(C)CCC(c2ccc(Cl)cc2)=C(CN2CCN(c3ccc(C(=O)NS(=O)(=O)c4ccc(N[C@H](CCN5CCN(Cc6cc(Br)c7c(c6)C(=O)N(C6CCC(=O)NC6=O)C7)CC5)CSc5ccccc5)c(S(=O)(=O)C(F)(F)F)c4)cc3)CC2)C1. The number of rotatable bonds is 19. The molecule has 4 aliphatic heterocycles. The zero-order chi connectivity index (χ0) is 60.4. The highest BCUT2D eigenvalue weighted by Crippen LogP contribution is 2.43. The topological polar surface area (TPSA) is 189 Å². The van der Waals surface area contributed by atoms with E-state index < -0.39 is 64.7 Å². The Bertz CT molecular complexity index is 3600. The van der Waals surface area contributed by atoms with Gasteiger partial charge in [-0.05, 0) is 139 Å². The van der Waals surface area contributed by atoms with E-state index in [0.717, 1.165) is 77.2 Å². The lowest BCUT2D eigenvalue weighted by molar-refractivity contribution is -0.136. The molecule has 5 aromatic rings. The second kappa shape index (κ2) is 25.9. The molecule has 3 fully saturated rings. The van der Waals surface area contributed by atoms with Gasteiger partial charge >= 0.3 is 5.51 Å². The van der Waals surface area contributed by atoms with E-state index in [4.69, 9.17) is 11.6 Å². The van der Waals surface area contributed by atoms with Crippen LogP contribution in [0.1, 0.15) is 89.8 Å². The van der Waals surface area contributed by atoms with Crippen molar-refractivity contribution in [3.63, 3.8) is 0 Å². The summed E-state index contributed by atoms with van der Waals surface area (Å²) in [5.41, 5.74) is 0.954. The van der Waals surface area contributed by atoms with Crippen molar-refractivity contribution in [2.24, 2.45) is 5.41 Å². The Morgan fingerprint density at radius 2 is 1.49 bits per heavy atom. The third kappa shape index (κ3) is 14.8. The number of imide groups is 1. The number of piperazine rings is 2. The second-order valence-electron chi connectivity index (χ2n) is 23.2. The summed E-state index contributed by atoms with van der Waals surface area (Å²) in [7, 11) is -11.1. The van der Waals surface area contributed by atoms with Gasteiger partial charge in [0.05, 0.1) is 10.6 Å². The van der Waals surface area contributed by atoms with E-state index in [-0.39, 0.29) is 42.2 Å². The summed E-state index contributed by atoms with van der Waals surface area (Å²) >= 11 is 11.3. The average Bonchev–Trinajstić information content (AvgIpc) is 3.32. The van der Waals surface area contributed by atoms with Crippen LogP contribution < -0.4 is 20.3 Å². The molecule has 0 aromatic heterocycles. The average molecular weight is 1310 g/mol. The Kier molecular flexibility index (Phi) is 19.0. The molecule has 85 heavy (non-hydrogen) atoms. The molecule has 24 heteroatoms. The van der Waals surface area contributed by atoms with Gasteiger partial charge in [0.15, 0.2) is 0 Å². The minimum absolute atomic E-state index is 0.0271. The molecule has 3 N–H and O–H groups in total. The molecule has 5 aromatic carbocycles. The normalized spacial score (nSPS) is 19.7. The van der Waals surface area contributed by atoms with Crippen molar-refractivity contribution in [1.29, 1.82) is 0 Å².